The molecular formula is C14H18Cl2N2OS. The fraction of sp³-hybridized carbons (Fsp3) is 0.500. The molecule has 0 radical (unpaired) electrons. The highest BCUT2D eigenvalue weighted by Crippen LogP contribution is 2.19. The van der Waals surface area contributed by atoms with E-state index < -0.39 is 0 Å². The lowest BCUT2D eigenvalue weighted by atomic mass is 10.1. The fourth-order valence-electron chi connectivity index (χ4n) is 2.13. The average Bonchev–Trinajstić information content (AvgIpc) is 2.66. The standard InChI is InChI=1S/C14H18Cl2N2OS/c15-12-8-11(9-13(16)10-12)2-3-17-14(19)18-4-1-6-20-7-5-18/h8-10H,1-7H2,(H,17,19). The summed E-state index contributed by atoms with van der Waals surface area (Å²) in [4.78, 5) is 13.9. The SMILES string of the molecule is O=C(NCCc1cc(Cl)cc(Cl)c1)N1CCCSCC1. The molecule has 0 aromatic heterocycles. The molecular weight excluding hydrogens is 315 g/mol. The van der Waals surface area contributed by atoms with E-state index in [1.54, 1.807) is 6.07 Å². The Morgan fingerprint density at radius 2 is 1.95 bits per heavy atom. The van der Waals surface area contributed by atoms with Gasteiger partial charge in [-0.1, -0.05) is 23.2 Å². The normalized spacial score (nSPS) is 15.8. The Labute approximate surface area is 134 Å². The minimum atomic E-state index is 0.0284. The number of hydrogen-bond acceptors (Lipinski definition) is 2. The second kappa shape index (κ2) is 8.01. The molecule has 1 aromatic carbocycles. The van der Waals surface area contributed by atoms with Gasteiger partial charge in [0.05, 0.1) is 0 Å². The second-order valence-corrected chi connectivity index (χ2v) is 6.81. The van der Waals surface area contributed by atoms with Gasteiger partial charge in [-0.2, -0.15) is 11.8 Å². The third kappa shape index (κ3) is 5.08. The van der Waals surface area contributed by atoms with Crippen molar-refractivity contribution >= 4 is 41.0 Å². The first-order valence-electron chi connectivity index (χ1n) is 6.70. The zero-order valence-electron chi connectivity index (χ0n) is 11.2. The Balaban J connectivity index is 1.78. The Hall–Kier alpha value is -0.580. The van der Waals surface area contributed by atoms with Crippen LogP contribution >= 0.6 is 35.0 Å². The summed E-state index contributed by atoms with van der Waals surface area (Å²) in [7, 11) is 0. The van der Waals surface area contributed by atoms with Crippen LogP contribution in [-0.4, -0.2) is 42.1 Å². The molecule has 2 rings (SSSR count). The van der Waals surface area contributed by atoms with Gasteiger partial charge in [0.25, 0.3) is 0 Å². The van der Waals surface area contributed by atoms with E-state index in [0.29, 0.717) is 16.6 Å². The molecule has 20 heavy (non-hydrogen) atoms. The van der Waals surface area contributed by atoms with Gasteiger partial charge in [-0.25, -0.2) is 4.79 Å². The van der Waals surface area contributed by atoms with E-state index in [9.17, 15) is 4.79 Å². The monoisotopic (exact) mass is 332 g/mol. The predicted molar refractivity (Wildman–Crippen MR) is 87.1 cm³/mol. The maximum Gasteiger partial charge on any atom is 0.317 e. The number of urea groups is 1. The molecule has 1 saturated heterocycles. The first-order valence-corrected chi connectivity index (χ1v) is 8.62. The van der Waals surface area contributed by atoms with Gasteiger partial charge in [-0.3, -0.25) is 0 Å². The van der Waals surface area contributed by atoms with E-state index >= 15 is 0 Å². The topological polar surface area (TPSA) is 32.3 Å². The maximum absolute atomic E-state index is 12.0. The molecule has 2 amide bonds. The molecule has 0 saturated carbocycles. The summed E-state index contributed by atoms with van der Waals surface area (Å²) < 4.78 is 0. The summed E-state index contributed by atoms with van der Waals surface area (Å²) in [5, 5.41) is 4.22. The van der Waals surface area contributed by atoms with Crippen LogP contribution in [0.15, 0.2) is 18.2 Å². The lowest BCUT2D eigenvalue weighted by Gasteiger charge is -2.20. The number of nitrogens with zero attached hydrogens (tertiary/aromatic N) is 1. The summed E-state index contributed by atoms with van der Waals surface area (Å²) in [5.74, 6) is 2.17. The van der Waals surface area contributed by atoms with Gasteiger partial charge in [0.2, 0.25) is 0 Å². The van der Waals surface area contributed by atoms with Crippen LogP contribution in [0.5, 0.6) is 0 Å². The van der Waals surface area contributed by atoms with Crippen molar-refractivity contribution < 1.29 is 4.79 Å². The zero-order chi connectivity index (χ0) is 14.4. The van der Waals surface area contributed by atoms with E-state index in [2.05, 4.69) is 5.32 Å². The summed E-state index contributed by atoms with van der Waals surface area (Å²) in [6.45, 7) is 2.28. The van der Waals surface area contributed by atoms with Crippen molar-refractivity contribution in [2.45, 2.75) is 12.8 Å². The van der Waals surface area contributed by atoms with Crippen LogP contribution in [0, 0.1) is 0 Å². The van der Waals surface area contributed by atoms with Crippen LogP contribution in [-0.2, 0) is 6.42 Å². The summed E-state index contributed by atoms with van der Waals surface area (Å²) in [6.07, 6.45) is 1.80. The molecule has 6 heteroatoms. The summed E-state index contributed by atoms with van der Waals surface area (Å²) in [5.41, 5.74) is 1.04. The number of carbonyl (C=O) groups excluding carboxylic acids is 1. The Morgan fingerprint density at radius 1 is 1.20 bits per heavy atom. The van der Waals surface area contributed by atoms with Crippen molar-refractivity contribution in [2.75, 3.05) is 31.1 Å². The fourth-order valence-corrected chi connectivity index (χ4v) is 3.59. The number of nitrogens with one attached hydrogen (secondary N) is 1. The van der Waals surface area contributed by atoms with Gasteiger partial charge in [0.1, 0.15) is 0 Å². The quantitative estimate of drug-likeness (QED) is 0.915. The molecule has 1 heterocycles. The number of rotatable bonds is 3. The minimum absolute atomic E-state index is 0.0284. The molecule has 1 aliphatic rings. The van der Waals surface area contributed by atoms with Crippen molar-refractivity contribution in [2.24, 2.45) is 0 Å². The van der Waals surface area contributed by atoms with Crippen molar-refractivity contribution in [3.8, 4) is 0 Å². The number of benzene rings is 1. The largest absolute Gasteiger partial charge is 0.338 e. The highest BCUT2D eigenvalue weighted by atomic mass is 35.5. The highest BCUT2D eigenvalue weighted by Gasteiger charge is 2.14. The van der Waals surface area contributed by atoms with Gasteiger partial charge in [-0.05, 0) is 42.4 Å². The molecule has 110 valence electrons. The van der Waals surface area contributed by atoms with Crippen molar-refractivity contribution in [1.82, 2.24) is 10.2 Å². The third-order valence-corrected chi connectivity index (χ3v) is 4.61. The van der Waals surface area contributed by atoms with E-state index in [-0.39, 0.29) is 6.03 Å². The Morgan fingerprint density at radius 3 is 2.70 bits per heavy atom. The number of amides is 2. The van der Waals surface area contributed by atoms with Crippen molar-refractivity contribution in [1.29, 1.82) is 0 Å². The van der Waals surface area contributed by atoms with E-state index in [1.807, 2.05) is 28.8 Å². The first-order chi connectivity index (χ1) is 9.65. The molecule has 0 spiro atoms. The summed E-state index contributed by atoms with van der Waals surface area (Å²) >= 11 is 13.8. The van der Waals surface area contributed by atoms with Crippen LogP contribution in [0.2, 0.25) is 10.0 Å². The minimum Gasteiger partial charge on any atom is -0.338 e. The number of hydrogen-bond donors (Lipinski definition) is 1. The summed E-state index contributed by atoms with van der Waals surface area (Å²) in [6, 6.07) is 5.49. The first kappa shape index (κ1) is 15.8. The lowest BCUT2D eigenvalue weighted by molar-refractivity contribution is 0.202. The number of carbonyl (C=O) groups is 1. The van der Waals surface area contributed by atoms with Gasteiger partial charge in [0, 0.05) is 35.4 Å². The molecule has 1 fully saturated rings. The highest BCUT2D eigenvalue weighted by molar-refractivity contribution is 7.99. The Kier molecular flexibility index (Phi) is 6.33. The maximum atomic E-state index is 12.0. The smallest absolute Gasteiger partial charge is 0.317 e. The van der Waals surface area contributed by atoms with Gasteiger partial charge >= 0.3 is 6.03 Å². The van der Waals surface area contributed by atoms with Crippen LogP contribution < -0.4 is 5.32 Å². The van der Waals surface area contributed by atoms with E-state index in [0.717, 1.165) is 43.0 Å². The van der Waals surface area contributed by atoms with Crippen LogP contribution in [0.3, 0.4) is 0 Å². The number of halogens is 2. The average molecular weight is 333 g/mol. The molecule has 0 bridgehead atoms. The van der Waals surface area contributed by atoms with Gasteiger partial charge in [-0.15, -0.1) is 0 Å². The molecule has 1 N–H and O–H groups in total. The molecule has 0 atom stereocenters. The Bertz CT molecular complexity index is 442. The van der Waals surface area contributed by atoms with Gasteiger partial charge in [0.15, 0.2) is 0 Å². The van der Waals surface area contributed by atoms with Crippen molar-refractivity contribution in [3.05, 3.63) is 33.8 Å². The van der Waals surface area contributed by atoms with E-state index in [4.69, 9.17) is 23.2 Å². The van der Waals surface area contributed by atoms with Crippen LogP contribution in [0.1, 0.15) is 12.0 Å². The lowest BCUT2D eigenvalue weighted by Crippen LogP contribution is -2.41. The molecule has 0 unspecified atom stereocenters. The van der Waals surface area contributed by atoms with Crippen LogP contribution in [0.25, 0.3) is 0 Å². The van der Waals surface area contributed by atoms with Crippen LogP contribution in [0.4, 0.5) is 4.79 Å². The number of thioether (sulfide) groups is 1. The predicted octanol–water partition coefficient (Wildman–Crippen LogP) is 3.68. The molecule has 1 aliphatic heterocycles. The molecule has 0 aliphatic carbocycles. The zero-order valence-corrected chi connectivity index (χ0v) is 13.5. The second-order valence-electron chi connectivity index (χ2n) is 4.71. The molecule has 1 aromatic rings. The third-order valence-electron chi connectivity index (χ3n) is 3.12. The van der Waals surface area contributed by atoms with E-state index in [1.165, 1.54) is 0 Å². The molecule has 3 nitrogen and oxygen atoms in total. The van der Waals surface area contributed by atoms with Gasteiger partial charge < -0.3 is 10.2 Å². The van der Waals surface area contributed by atoms with Crippen molar-refractivity contribution in [3.63, 3.8) is 0 Å².